The van der Waals surface area contributed by atoms with E-state index in [1.54, 1.807) is 0 Å². The van der Waals surface area contributed by atoms with E-state index in [0.717, 1.165) is 24.3 Å². The van der Waals surface area contributed by atoms with Gasteiger partial charge in [0.1, 0.15) is 0 Å². The fourth-order valence-corrected chi connectivity index (χ4v) is 4.87. The minimum Gasteiger partial charge on any atom is -0.286 e. The van der Waals surface area contributed by atoms with Crippen molar-refractivity contribution in [1.29, 1.82) is 0 Å². The molecule has 0 amide bonds. The predicted octanol–water partition coefficient (Wildman–Crippen LogP) is 10.5. The van der Waals surface area contributed by atoms with Gasteiger partial charge in [-0.1, -0.05) is 87.8 Å². The number of hydrogen-bond acceptors (Lipinski definition) is 2. The second-order valence-corrected chi connectivity index (χ2v) is 10.7. The lowest BCUT2D eigenvalue weighted by molar-refractivity contribution is 0.646. The van der Waals surface area contributed by atoms with Crippen molar-refractivity contribution in [2.24, 2.45) is 9.98 Å². The van der Waals surface area contributed by atoms with Crippen LogP contribution in [0.25, 0.3) is 0 Å². The van der Waals surface area contributed by atoms with Crippen molar-refractivity contribution in [3.8, 4) is 0 Å². The lowest BCUT2D eigenvalue weighted by Crippen LogP contribution is -2.28. The highest BCUT2D eigenvalue weighted by Crippen LogP contribution is 2.40. The molecular weight excluding hydrogens is 436 g/mol. The fourth-order valence-electron chi connectivity index (χ4n) is 4.87. The Bertz CT molecular complexity index is 883. The van der Waals surface area contributed by atoms with Crippen LogP contribution in [0.5, 0.6) is 0 Å². The molecule has 1 rings (SSSR count). The molecule has 0 radical (unpaired) electrons. The molecule has 0 atom stereocenters. The van der Waals surface area contributed by atoms with Crippen LogP contribution in [0.15, 0.2) is 78.9 Å². The molecule has 0 bridgehead atoms. The van der Waals surface area contributed by atoms with Crippen molar-refractivity contribution in [3.05, 3.63) is 68.9 Å². The highest BCUT2D eigenvalue weighted by molar-refractivity contribution is 6.56. The average Bonchev–Trinajstić information content (AvgIpc) is 2.85. The van der Waals surface area contributed by atoms with Gasteiger partial charge in [-0.2, -0.15) is 0 Å². The summed E-state index contributed by atoms with van der Waals surface area (Å²) in [5.74, 6) is 0. The molecule has 0 aromatic carbocycles. The maximum absolute atomic E-state index is 4.89. The Morgan fingerprint density at radius 3 is 1.17 bits per heavy atom. The Kier molecular flexibility index (Phi) is 15.3. The minimum atomic E-state index is 1.05. The Morgan fingerprint density at radius 1 is 0.528 bits per heavy atom. The molecular formula is C34H54N2. The first-order valence-corrected chi connectivity index (χ1v) is 14.3. The van der Waals surface area contributed by atoms with E-state index in [2.05, 4.69) is 79.7 Å². The number of nitrogens with zero attached hydrogens (tertiary/aromatic N) is 2. The van der Waals surface area contributed by atoms with E-state index in [-0.39, 0.29) is 0 Å². The first-order chi connectivity index (χ1) is 17.2. The third-order valence-corrected chi connectivity index (χ3v) is 6.80. The molecule has 0 saturated carbocycles. The summed E-state index contributed by atoms with van der Waals surface area (Å²) in [5.41, 5.74) is 13.0. The van der Waals surface area contributed by atoms with E-state index >= 15 is 0 Å². The summed E-state index contributed by atoms with van der Waals surface area (Å²) in [7, 11) is 3.87. The lowest BCUT2D eigenvalue weighted by atomic mass is 9.74. The van der Waals surface area contributed by atoms with Crippen molar-refractivity contribution in [1.82, 2.24) is 0 Å². The van der Waals surface area contributed by atoms with Gasteiger partial charge in [0.2, 0.25) is 0 Å². The van der Waals surface area contributed by atoms with E-state index in [4.69, 9.17) is 9.98 Å². The predicted molar refractivity (Wildman–Crippen MR) is 165 cm³/mol. The summed E-state index contributed by atoms with van der Waals surface area (Å²) >= 11 is 0. The van der Waals surface area contributed by atoms with Gasteiger partial charge in [0.05, 0.1) is 11.4 Å². The number of hydrogen-bond donors (Lipinski definition) is 0. The fraction of sp³-hybridized carbons (Fsp3) is 0.588. The summed E-state index contributed by atoms with van der Waals surface area (Å²) in [4.78, 5) is 9.77. The van der Waals surface area contributed by atoms with Crippen LogP contribution in [0.1, 0.15) is 120 Å². The SMILES string of the molecule is CCCCCCC1=C(/C(C)=C/C=C(C)C)C(=N/C)/C(=N\C)C(/C(C)=C/C=C(C)C)=C1CCCCCC. The molecule has 0 saturated heterocycles. The summed E-state index contributed by atoms with van der Waals surface area (Å²) in [6, 6.07) is 0. The van der Waals surface area contributed by atoms with Crippen LogP contribution in [-0.4, -0.2) is 25.5 Å². The topological polar surface area (TPSA) is 24.7 Å². The zero-order valence-electron chi connectivity index (χ0n) is 25.3. The van der Waals surface area contributed by atoms with Crippen LogP contribution >= 0.6 is 0 Å². The number of rotatable bonds is 14. The highest BCUT2D eigenvalue weighted by Gasteiger charge is 2.31. The van der Waals surface area contributed by atoms with Crippen molar-refractivity contribution < 1.29 is 0 Å². The van der Waals surface area contributed by atoms with E-state index in [1.807, 2.05) is 14.1 Å². The molecule has 0 heterocycles. The number of aliphatic imine (C=N–C) groups is 2. The molecule has 2 nitrogen and oxygen atoms in total. The average molecular weight is 491 g/mol. The molecule has 200 valence electrons. The maximum atomic E-state index is 4.89. The van der Waals surface area contributed by atoms with E-state index < -0.39 is 0 Å². The molecule has 0 unspecified atom stereocenters. The molecule has 0 aromatic rings. The molecule has 1 aliphatic carbocycles. The summed E-state index contributed by atoms with van der Waals surface area (Å²) in [6.07, 6.45) is 21.3. The molecule has 0 spiro atoms. The van der Waals surface area contributed by atoms with Crippen molar-refractivity contribution >= 4 is 11.4 Å². The molecule has 0 fully saturated rings. The van der Waals surface area contributed by atoms with Crippen LogP contribution < -0.4 is 0 Å². The Hall–Kier alpha value is -2.22. The van der Waals surface area contributed by atoms with Gasteiger partial charge in [0, 0.05) is 25.2 Å². The first-order valence-electron chi connectivity index (χ1n) is 14.3. The van der Waals surface area contributed by atoms with Gasteiger partial charge in [0.25, 0.3) is 0 Å². The lowest BCUT2D eigenvalue weighted by Gasteiger charge is -2.31. The van der Waals surface area contributed by atoms with Gasteiger partial charge in [0.15, 0.2) is 0 Å². The van der Waals surface area contributed by atoms with Gasteiger partial charge in [-0.25, -0.2) is 0 Å². The van der Waals surface area contributed by atoms with Gasteiger partial charge >= 0.3 is 0 Å². The molecule has 36 heavy (non-hydrogen) atoms. The molecule has 2 heteroatoms. The van der Waals surface area contributed by atoms with Crippen LogP contribution in [0, 0.1) is 0 Å². The second-order valence-electron chi connectivity index (χ2n) is 10.7. The van der Waals surface area contributed by atoms with E-state index in [1.165, 1.54) is 96.0 Å². The monoisotopic (exact) mass is 490 g/mol. The van der Waals surface area contributed by atoms with E-state index in [0.29, 0.717) is 0 Å². The van der Waals surface area contributed by atoms with E-state index in [9.17, 15) is 0 Å². The Morgan fingerprint density at radius 2 is 0.889 bits per heavy atom. The van der Waals surface area contributed by atoms with Gasteiger partial charge in [-0.15, -0.1) is 0 Å². The maximum Gasteiger partial charge on any atom is 0.0906 e. The van der Waals surface area contributed by atoms with Gasteiger partial charge < -0.3 is 0 Å². The minimum absolute atomic E-state index is 1.05. The zero-order chi connectivity index (χ0) is 27.1. The quantitative estimate of drug-likeness (QED) is 0.131. The van der Waals surface area contributed by atoms with Gasteiger partial charge in [-0.3, -0.25) is 9.98 Å². The van der Waals surface area contributed by atoms with Crippen molar-refractivity contribution in [3.63, 3.8) is 0 Å². The summed E-state index contributed by atoms with van der Waals surface area (Å²) < 4.78 is 0. The Balaban J connectivity index is 3.97. The Labute approximate surface area is 223 Å². The molecule has 0 N–H and O–H groups in total. The number of unbranched alkanes of at least 4 members (excludes halogenated alkanes) is 6. The first kappa shape index (κ1) is 31.8. The summed E-state index contributed by atoms with van der Waals surface area (Å²) in [5, 5.41) is 0. The molecule has 0 aromatic heterocycles. The number of allylic oxidation sites excluding steroid dienone is 12. The van der Waals surface area contributed by atoms with Crippen LogP contribution in [-0.2, 0) is 0 Å². The largest absolute Gasteiger partial charge is 0.286 e. The van der Waals surface area contributed by atoms with Crippen LogP contribution in [0.3, 0.4) is 0 Å². The smallest absolute Gasteiger partial charge is 0.0906 e. The molecule has 1 aliphatic rings. The molecule has 0 aliphatic heterocycles. The summed E-state index contributed by atoms with van der Waals surface area (Å²) in [6.45, 7) is 17.7. The van der Waals surface area contributed by atoms with Crippen LogP contribution in [0.4, 0.5) is 0 Å². The zero-order valence-corrected chi connectivity index (χ0v) is 25.3. The standard InChI is InChI=1S/C34H54N2/c1-11-13-15-17-19-29-30(20-18-16-14-12-2)32(28(8)24-22-26(5)6)34(36-10)33(35-9)31(29)27(7)23-21-25(3)4/h21-24H,11-20H2,1-10H3/b27-23+,28-24+,35-33-,36-34-. The van der Waals surface area contributed by atoms with Gasteiger partial charge in [-0.05, 0) is 89.5 Å². The normalized spacial score (nSPS) is 17.4. The van der Waals surface area contributed by atoms with Crippen LogP contribution in [0.2, 0.25) is 0 Å². The highest BCUT2D eigenvalue weighted by atomic mass is 14.8. The second kappa shape index (κ2) is 17.3. The van der Waals surface area contributed by atoms with Crippen molar-refractivity contribution in [2.45, 2.75) is 120 Å². The third kappa shape index (κ3) is 9.68. The third-order valence-electron chi connectivity index (χ3n) is 6.80. The van der Waals surface area contributed by atoms with Crippen molar-refractivity contribution in [2.75, 3.05) is 14.1 Å².